The van der Waals surface area contributed by atoms with Crippen LogP contribution in [0, 0.1) is 0 Å². The van der Waals surface area contributed by atoms with Crippen LogP contribution in [0.2, 0.25) is 0 Å². The minimum Gasteiger partial charge on any atom is -0.493 e. The third-order valence-electron chi connectivity index (χ3n) is 3.56. The topological polar surface area (TPSA) is 68.8 Å². The number of anilines is 1. The minimum atomic E-state index is -0.304. The Morgan fingerprint density at radius 3 is 2.24 bits per heavy atom. The largest absolute Gasteiger partial charge is 0.493 e. The average Bonchev–Trinajstić information content (AvgIpc) is 2.62. The maximum absolute atomic E-state index is 12.1. The number of carbonyl (C=O) groups excluding carboxylic acids is 1. The summed E-state index contributed by atoms with van der Waals surface area (Å²) >= 11 is 3.49. The van der Waals surface area contributed by atoms with Crippen molar-refractivity contribution in [3.63, 3.8) is 0 Å². The number of carbonyl (C=O) groups is 1. The standard InChI is InChI=1S/C18H21BrN2O4/c1-23-15-10-13(11-16(24-2)17(15)25-3)21-18(22)20-9-8-12-6-4-5-7-14(12)19/h4-7,10-11H,8-9H2,1-3H3,(H2,20,21,22). The van der Waals surface area contributed by atoms with Gasteiger partial charge in [-0.2, -0.15) is 0 Å². The number of halogens is 1. The highest BCUT2D eigenvalue weighted by atomic mass is 79.9. The summed E-state index contributed by atoms with van der Waals surface area (Å²) in [5.74, 6) is 1.43. The van der Waals surface area contributed by atoms with E-state index in [1.165, 1.54) is 21.3 Å². The summed E-state index contributed by atoms with van der Waals surface area (Å²) in [7, 11) is 4.58. The molecular weight excluding hydrogens is 388 g/mol. The van der Waals surface area contributed by atoms with Crippen LogP contribution >= 0.6 is 15.9 Å². The summed E-state index contributed by atoms with van der Waals surface area (Å²) in [5, 5.41) is 5.59. The second-order valence-electron chi connectivity index (χ2n) is 5.14. The van der Waals surface area contributed by atoms with E-state index in [9.17, 15) is 4.79 Å². The zero-order chi connectivity index (χ0) is 18.2. The first-order valence-corrected chi connectivity index (χ1v) is 8.46. The fraction of sp³-hybridized carbons (Fsp3) is 0.278. The molecule has 0 aliphatic heterocycles. The van der Waals surface area contributed by atoms with Crippen molar-refractivity contribution in [3.8, 4) is 17.2 Å². The van der Waals surface area contributed by atoms with Gasteiger partial charge in [0.1, 0.15) is 0 Å². The lowest BCUT2D eigenvalue weighted by Gasteiger charge is -2.15. The van der Waals surface area contributed by atoms with Crippen molar-refractivity contribution in [2.75, 3.05) is 33.2 Å². The zero-order valence-corrected chi connectivity index (χ0v) is 16.0. The number of amides is 2. The van der Waals surface area contributed by atoms with Crippen molar-refractivity contribution in [2.24, 2.45) is 0 Å². The lowest BCUT2D eigenvalue weighted by Crippen LogP contribution is -2.30. The summed E-state index contributed by atoms with van der Waals surface area (Å²) in [6.07, 6.45) is 0.726. The molecule has 0 bridgehead atoms. The third-order valence-corrected chi connectivity index (χ3v) is 4.33. The predicted molar refractivity (Wildman–Crippen MR) is 101 cm³/mol. The zero-order valence-electron chi connectivity index (χ0n) is 14.4. The molecule has 6 nitrogen and oxygen atoms in total. The van der Waals surface area contributed by atoms with Crippen LogP contribution in [0.1, 0.15) is 5.56 Å². The van der Waals surface area contributed by atoms with Gasteiger partial charge in [-0.25, -0.2) is 4.79 Å². The van der Waals surface area contributed by atoms with E-state index in [4.69, 9.17) is 14.2 Å². The lowest BCUT2D eigenvalue weighted by atomic mass is 10.1. The highest BCUT2D eigenvalue weighted by Crippen LogP contribution is 2.39. The molecule has 2 amide bonds. The Balaban J connectivity index is 1.97. The molecule has 0 unspecified atom stereocenters. The maximum Gasteiger partial charge on any atom is 0.319 e. The van der Waals surface area contributed by atoms with E-state index in [0.29, 0.717) is 29.5 Å². The van der Waals surface area contributed by atoms with E-state index in [2.05, 4.69) is 26.6 Å². The minimum absolute atomic E-state index is 0.304. The molecule has 0 atom stereocenters. The van der Waals surface area contributed by atoms with Crippen LogP contribution in [0.5, 0.6) is 17.2 Å². The molecule has 2 aromatic carbocycles. The van der Waals surface area contributed by atoms with Gasteiger partial charge in [-0.15, -0.1) is 0 Å². The molecular formula is C18H21BrN2O4. The Labute approximate surface area is 155 Å². The second-order valence-corrected chi connectivity index (χ2v) is 5.99. The highest BCUT2D eigenvalue weighted by Gasteiger charge is 2.14. The van der Waals surface area contributed by atoms with Gasteiger partial charge in [0.05, 0.1) is 27.0 Å². The molecule has 2 rings (SSSR count). The van der Waals surface area contributed by atoms with Gasteiger partial charge in [0, 0.05) is 23.2 Å². The van der Waals surface area contributed by atoms with Gasteiger partial charge in [0.25, 0.3) is 0 Å². The number of hydrogen-bond donors (Lipinski definition) is 2. The highest BCUT2D eigenvalue weighted by molar-refractivity contribution is 9.10. The molecule has 0 fully saturated rings. The SMILES string of the molecule is COc1cc(NC(=O)NCCc2ccccc2Br)cc(OC)c1OC. The summed E-state index contributed by atoms with van der Waals surface area (Å²) in [4.78, 5) is 12.1. The van der Waals surface area contributed by atoms with Gasteiger partial charge >= 0.3 is 6.03 Å². The van der Waals surface area contributed by atoms with Crippen molar-refractivity contribution in [2.45, 2.75) is 6.42 Å². The number of nitrogens with one attached hydrogen (secondary N) is 2. The van der Waals surface area contributed by atoms with E-state index in [-0.39, 0.29) is 6.03 Å². The molecule has 2 aromatic rings. The number of urea groups is 1. The van der Waals surface area contributed by atoms with Gasteiger partial charge in [-0.3, -0.25) is 0 Å². The van der Waals surface area contributed by atoms with Crippen LogP contribution in [0.4, 0.5) is 10.5 Å². The van der Waals surface area contributed by atoms with Crippen molar-refractivity contribution >= 4 is 27.6 Å². The molecule has 134 valence electrons. The molecule has 2 N–H and O–H groups in total. The van der Waals surface area contributed by atoms with Crippen molar-refractivity contribution in [3.05, 3.63) is 46.4 Å². The Kier molecular flexibility index (Phi) is 6.94. The molecule has 0 radical (unpaired) electrons. The van der Waals surface area contributed by atoms with Crippen LogP contribution in [0.3, 0.4) is 0 Å². The first kappa shape index (κ1) is 18.9. The average molecular weight is 409 g/mol. The first-order valence-electron chi connectivity index (χ1n) is 7.67. The normalized spacial score (nSPS) is 10.1. The number of hydrogen-bond acceptors (Lipinski definition) is 4. The van der Waals surface area contributed by atoms with Crippen molar-refractivity contribution in [1.29, 1.82) is 0 Å². The van der Waals surface area contributed by atoms with Crippen molar-refractivity contribution < 1.29 is 19.0 Å². The van der Waals surface area contributed by atoms with Crippen LogP contribution in [-0.2, 0) is 6.42 Å². The molecule has 0 aromatic heterocycles. The second kappa shape index (κ2) is 9.17. The summed E-state index contributed by atoms with van der Waals surface area (Å²) < 4.78 is 16.8. The molecule has 0 saturated carbocycles. The first-order chi connectivity index (χ1) is 12.1. The maximum atomic E-state index is 12.1. The lowest BCUT2D eigenvalue weighted by molar-refractivity contribution is 0.252. The van der Waals surface area contributed by atoms with Crippen LogP contribution in [0.15, 0.2) is 40.9 Å². The van der Waals surface area contributed by atoms with E-state index in [1.54, 1.807) is 12.1 Å². The van der Waals surface area contributed by atoms with E-state index >= 15 is 0 Å². The smallest absolute Gasteiger partial charge is 0.319 e. The molecule has 0 spiro atoms. The fourth-order valence-corrected chi connectivity index (χ4v) is 2.82. The number of methoxy groups -OCH3 is 3. The fourth-order valence-electron chi connectivity index (χ4n) is 2.34. The Morgan fingerprint density at radius 1 is 1.04 bits per heavy atom. The monoisotopic (exact) mass is 408 g/mol. The van der Waals surface area contributed by atoms with E-state index in [0.717, 1.165) is 16.5 Å². The summed E-state index contributed by atoms with van der Waals surface area (Å²) in [6, 6.07) is 11.0. The Bertz CT molecular complexity index is 712. The summed E-state index contributed by atoms with van der Waals surface area (Å²) in [6.45, 7) is 0.513. The van der Waals surface area contributed by atoms with Gasteiger partial charge in [0.15, 0.2) is 11.5 Å². The van der Waals surface area contributed by atoms with E-state index < -0.39 is 0 Å². The van der Waals surface area contributed by atoms with Crippen LogP contribution < -0.4 is 24.8 Å². The van der Waals surface area contributed by atoms with Gasteiger partial charge in [-0.05, 0) is 18.1 Å². The summed E-state index contributed by atoms with van der Waals surface area (Å²) in [5.41, 5.74) is 1.68. The van der Waals surface area contributed by atoms with Crippen molar-refractivity contribution in [1.82, 2.24) is 5.32 Å². The van der Waals surface area contributed by atoms with Crippen LogP contribution in [0.25, 0.3) is 0 Å². The van der Waals surface area contributed by atoms with Crippen LogP contribution in [-0.4, -0.2) is 33.9 Å². The molecule has 7 heteroatoms. The van der Waals surface area contributed by atoms with Gasteiger partial charge < -0.3 is 24.8 Å². The quantitative estimate of drug-likeness (QED) is 0.729. The van der Waals surface area contributed by atoms with E-state index in [1.807, 2.05) is 24.3 Å². The van der Waals surface area contributed by atoms with Gasteiger partial charge in [-0.1, -0.05) is 34.1 Å². The third kappa shape index (κ3) is 5.03. The number of benzene rings is 2. The molecule has 0 aliphatic rings. The predicted octanol–water partition coefficient (Wildman–Crippen LogP) is 3.84. The Morgan fingerprint density at radius 2 is 1.68 bits per heavy atom. The molecule has 25 heavy (non-hydrogen) atoms. The number of ether oxygens (including phenoxy) is 3. The number of rotatable bonds is 7. The molecule has 0 aliphatic carbocycles. The molecule has 0 saturated heterocycles. The molecule has 0 heterocycles. The Hall–Kier alpha value is -2.41. The van der Waals surface area contributed by atoms with Gasteiger partial charge in [0.2, 0.25) is 5.75 Å².